The predicted molar refractivity (Wildman–Crippen MR) is 132 cm³/mol. The van der Waals surface area contributed by atoms with Crippen molar-refractivity contribution in [3.05, 3.63) is 88.0 Å². The van der Waals surface area contributed by atoms with Crippen LogP contribution in [-0.2, 0) is 4.79 Å². The minimum Gasteiger partial charge on any atom is -0.490 e. The molecule has 10 heteroatoms. The van der Waals surface area contributed by atoms with E-state index in [1.54, 1.807) is 29.1 Å². The number of thiocarbonyl (C=S) groups is 1. The van der Waals surface area contributed by atoms with Gasteiger partial charge in [-0.15, -0.1) is 6.58 Å². The van der Waals surface area contributed by atoms with E-state index in [1.165, 1.54) is 35.9 Å². The summed E-state index contributed by atoms with van der Waals surface area (Å²) in [7, 11) is 1.38. The lowest BCUT2D eigenvalue weighted by atomic mass is 10.1. The fourth-order valence-corrected chi connectivity index (χ4v) is 4.60. The third-order valence-electron chi connectivity index (χ3n) is 4.88. The van der Waals surface area contributed by atoms with Gasteiger partial charge in [0.1, 0.15) is 10.0 Å². The van der Waals surface area contributed by atoms with Crippen LogP contribution in [0.15, 0.2) is 72.3 Å². The molecule has 8 nitrogen and oxygen atoms in total. The zero-order valence-corrected chi connectivity index (χ0v) is 19.1. The fourth-order valence-electron chi connectivity index (χ4n) is 3.34. The van der Waals surface area contributed by atoms with Gasteiger partial charge in [0.25, 0.3) is 5.91 Å². The van der Waals surface area contributed by atoms with Crippen molar-refractivity contribution in [3.63, 3.8) is 0 Å². The number of ether oxygens (including phenoxy) is 1. The Morgan fingerprint density at radius 2 is 2.03 bits per heavy atom. The fraction of sp³-hybridized carbons (Fsp3) is 0.0870. The van der Waals surface area contributed by atoms with Crippen molar-refractivity contribution in [3.8, 4) is 22.7 Å². The maximum atomic E-state index is 12.8. The quantitative estimate of drug-likeness (QED) is 0.158. The molecule has 1 amide bonds. The van der Waals surface area contributed by atoms with Crippen LogP contribution in [0.4, 0.5) is 5.69 Å². The zero-order valence-electron chi connectivity index (χ0n) is 17.5. The summed E-state index contributed by atoms with van der Waals surface area (Å²) in [5.41, 5.74) is 2.26. The summed E-state index contributed by atoms with van der Waals surface area (Å²) in [6, 6.07) is 14.1. The van der Waals surface area contributed by atoms with Crippen molar-refractivity contribution in [2.75, 3.05) is 13.7 Å². The van der Waals surface area contributed by atoms with Gasteiger partial charge in [0.05, 0.1) is 22.6 Å². The number of carbonyl (C=O) groups is 1. The summed E-state index contributed by atoms with van der Waals surface area (Å²) in [6.45, 7) is 3.99. The Morgan fingerprint density at radius 1 is 1.27 bits per heavy atom. The molecular formula is C23H18N4O4S2. The Labute approximate surface area is 199 Å². The van der Waals surface area contributed by atoms with Gasteiger partial charge in [-0.1, -0.05) is 48.3 Å². The topological polar surface area (TPSA) is 90.5 Å². The summed E-state index contributed by atoms with van der Waals surface area (Å²) >= 11 is 6.52. The molecular weight excluding hydrogens is 460 g/mol. The van der Waals surface area contributed by atoms with E-state index in [2.05, 4.69) is 11.7 Å². The first-order valence-corrected chi connectivity index (χ1v) is 11.0. The van der Waals surface area contributed by atoms with E-state index < -0.39 is 4.92 Å². The second kappa shape index (κ2) is 9.39. The third-order valence-corrected chi connectivity index (χ3v) is 6.26. The van der Waals surface area contributed by atoms with E-state index in [0.717, 1.165) is 5.69 Å². The Bertz CT molecular complexity index is 1300. The Hall–Kier alpha value is -3.76. The molecule has 0 radical (unpaired) electrons. The van der Waals surface area contributed by atoms with Gasteiger partial charge in [0.2, 0.25) is 0 Å². The first kappa shape index (κ1) is 22.4. The average Bonchev–Trinajstić information content (AvgIpc) is 3.36. The van der Waals surface area contributed by atoms with Crippen LogP contribution >= 0.6 is 24.0 Å². The smallest absolute Gasteiger partial charge is 0.311 e. The number of methoxy groups -OCH3 is 1. The molecule has 4 rings (SSSR count). The number of benzene rings is 2. The van der Waals surface area contributed by atoms with Crippen LogP contribution in [0.1, 0.15) is 5.56 Å². The van der Waals surface area contributed by atoms with Gasteiger partial charge in [0, 0.05) is 29.9 Å². The minimum atomic E-state index is -0.503. The molecule has 0 spiro atoms. The van der Waals surface area contributed by atoms with E-state index in [0.29, 0.717) is 32.6 Å². The second-order valence-electron chi connectivity index (χ2n) is 6.94. The van der Waals surface area contributed by atoms with Crippen molar-refractivity contribution < 1.29 is 14.5 Å². The first-order valence-electron chi connectivity index (χ1n) is 9.77. The summed E-state index contributed by atoms with van der Waals surface area (Å²) in [6.07, 6.45) is 5.10. The van der Waals surface area contributed by atoms with Gasteiger partial charge in [-0.05, 0) is 30.3 Å². The molecule has 2 aromatic carbocycles. The van der Waals surface area contributed by atoms with E-state index >= 15 is 0 Å². The molecule has 1 saturated heterocycles. The van der Waals surface area contributed by atoms with Crippen molar-refractivity contribution in [1.29, 1.82) is 0 Å². The number of thioether (sulfide) groups is 1. The number of nitro groups is 1. The first-order chi connectivity index (χ1) is 15.9. The number of hydrogen-bond donors (Lipinski definition) is 0. The summed E-state index contributed by atoms with van der Waals surface area (Å²) in [5.74, 6) is -0.0675. The molecule has 1 aromatic heterocycles. The molecule has 0 N–H and O–H groups in total. The van der Waals surface area contributed by atoms with E-state index in [9.17, 15) is 14.9 Å². The normalized spacial score (nSPS) is 14.7. The van der Waals surface area contributed by atoms with Crippen LogP contribution in [0.2, 0.25) is 0 Å². The Morgan fingerprint density at radius 3 is 2.70 bits per heavy atom. The van der Waals surface area contributed by atoms with Gasteiger partial charge in [-0.2, -0.15) is 5.10 Å². The minimum absolute atomic E-state index is 0.151. The molecule has 0 bridgehead atoms. The van der Waals surface area contributed by atoms with E-state index in [-0.39, 0.29) is 17.3 Å². The van der Waals surface area contributed by atoms with Crippen LogP contribution in [0, 0.1) is 10.1 Å². The molecule has 1 aliphatic heterocycles. The lowest BCUT2D eigenvalue weighted by Crippen LogP contribution is -2.27. The molecule has 0 saturated carbocycles. The number of carbonyl (C=O) groups excluding carboxylic acids is 1. The molecule has 0 atom stereocenters. The maximum absolute atomic E-state index is 12.8. The van der Waals surface area contributed by atoms with Crippen molar-refractivity contribution in [1.82, 2.24) is 14.7 Å². The molecule has 1 fully saturated rings. The number of aromatic nitrogens is 2. The molecule has 3 aromatic rings. The number of nitrogens with zero attached hydrogens (tertiary/aromatic N) is 4. The van der Waals surface area contributed by atoms with E-state index in [1.807, 2.05) is 30.3 Å². The summed E-state index contributed by atoms with van der Waals surface area (Å²) in [4.78, 5) is 25.8. The largest absolute Gasteiger partial charge is 0.490 e. The SMILES string of the molecule is C=CCN1C(=O)/C(=C/c2cn(-c3ccccc3)nc2-c2ccc(OC)c([N+](=O)[O-])c2)SC1=S. The van der Waals surface area contributed by atoms with Crippen molar-refractivity contribution >= 4 is 46.0 Å². The lowest BCUT2D eigenvalue weighted by molar-refractivity contribution is -0.385. The van der Waals surface area contributed by atoms with Gasteiger partial charge in [0.15, 0.2) is 5.75 Å². The molecule has 1 aliphatic rings. The number of para-hydroxylation sites is 1. The maximum Gasteiger partial charge on any atom is 0.311 e. The lowest BCUT2D eigenvalue weighted by Gasteiger charge is -2.10. The van der Waals surface area contributed by atoms with Crippen LogP contribution in [-0.4, -0.2) is 43.5 Å². The zero-order chi connectivity index (χ0) is 23.5. The predicted octanol–water partition coefficient (Wildman–Crippen LogP) is 4.84. The highest BCUT2D eigenvalue weighted by Crippen LogP contribution is 2.37. The van der Waals surface area contributed by atoms with Gasteiger partial charge in [-0.3, -0.25) is 19.8 Å². The molecule has 2 heterocycles. The number of hydrogen-bond acceptors (Lipinski definition) is 7. The van der Waals surface area contributed by atoms with Crippen LogP contribution in [0.5, 0.6) is 5.75 Å². The number of nitro benzene ring substituents is 1. The highest BCUT2D eigenvalue weighted by molar-refractivity contribution is 8.26. The summed E-state index contributed by atoms with van der Waals surface area (Å²) in [5, 5.41) is 16.2. The Balaban J connectivity index is 1.86. The number of amides is 1. The molecule has 33 heavy (non-hydrogen) atoms. The molecule has 166 valence electrons. The molecule has 0 unspecified atom stereocenters. The van der Waals surface area contributed by atoms with Gasteiger partial charge in [-0.25, -0.2) is 4.68 Å². The third kappa shape index (κ3) is 4.43. The monoisotopic (exact) mass is 478 g/mol. The highest BCUT2D eigenvalue weighted by Gasteiger charge is 2.31. The standard InChI is InChI=1S/C23H18N4O4S2/c1-3-11-25-22(28)20(33-23(25)32)13-16-14-26(17-7-5-4-6-8-17)24-21(16)15-9-10-19(31-2)18(12-15)27(29)30/h3-10,12-14H,1,11H2,2H3/b20-13-. The van der Waals surface area contributed by atoms with E-state index in [4.69, 9.17) is 17.0 Å². The molecule has 0 aliphatic carbocycles. The Kier molecular flexibility index (Phi) is 6.38. The van der Waals surface area contributed by atoms with Crippen LogP contribution in [0.3, 0.4) is 0 Å². The van der Waals surface area contributed by atoms with Gasteiger partial charge < -0.3 is 4.74 Å². The van der Waals surface area contributed by atoms with Crippen LogP contribution < -0.4 is 4.74 Å². The van der Waals surface area contributed by atoms with Crippen molar-refractivity contribution in [2.24, 2.45) is 0 Å². The summed E-state index contributed by atoms with van der Waals surface area (Å²) < 4.78 is 7.23. The van der Waals surface area contributed by atoms with Gasteiger partial charge >= 0.3 is 5.69 Å². The van der Waals surface area contributed by atoms with Crippen molar-refractivity contribution in [2.45, 2.75) is 0 Å². The highest BCUT2D eigenvalue weighted by atomic mass is 32.2. The van der Waals surface area contributed by atoms with Crippen LogP contribution in [0.25, 0.3) is 23.0 Å². The average molecular weight is 479 g/mol. The second-order valence-corrected chi connectivity index (χ2v) is 8.61. The number of rotatable bonds is 7.